The van der Waals surface area contributed by atoms with Gasteiger partial charge in [-0.25, -0.2) is 18.6 Å². The number of nitrogens with zero attached hydrogens (tertiary/aromatic N) is 9. The molecule has 0 amide bonds. The summed E-state index contributed by atoms with van der Waals surface area (Å²) in [4.78, 5) is 4.32. The van der Waals surface area contributed by atoms with Crippen LogP contribution in [0.15, 0.2) is 61.3 Å². The van der Waals surface area contributed by atoms with E-state index in [-0.39, 0.29) is 5.75 Å². The Bertz CT molecular complexity index is 1530. The van der Waals surface area contributed by atoms with Gasteiger partial charge in [0.2, 0.25) is 0 Å². The molecule has 0 saturated heterocycles. The van der Waals surface area contributed by atoms with Crippen molar-refractivity contribution < 1.29 is 13.9 Å². The van der Waals surface area contributed by atoms with E-state index in [2.05, 4.69) is 31.7 Å². The van der Waals surface area contributed by atoms with Crippen LogP contribution in [0.1, 0.15) is 12.5 Å². The lowest BCUT2D eigenvalue weighted by atomic mass is 10.1. The average molecular weight is 457 g/mol. The van der Waals surface area contributed by atoms with Gasteiger partial charge >= 0.3 is 0 Å². The summed E-state index contributed by atoms with van der Waals surface area (Å²) in [7, 11) is 0. The van der Waals surface area contributed by atoms with Gasteiger partial charge in [0.05, 0.1) is 29.6 Å². The number of rotatable bonds is 6. The van der Waals surface area contributed by atoms with Crippen molar-refractivity contribution in [2.45, 2.75) is 19.6 Å². The van der Waals surface area contributed by atoms with Gasteiger partial charge in [-0.3, -0.25) is 0 Å². The molecule has 0 N–H and O–H groups in total. The number of fused-ring (bicyclic) bond motifs is 1. The van der Waals surface area contributed by atoms with Crippen molar-refractivity contribution in [2.24, 2.45) is 0 Å². The first kappa shape index (κ1) is 21.0. The minimum atomic E-state index is -0.514. The Labute approximate surface area is 191 Å². The molecule has 0 fully saturated rings. The quantitative estimate of drug-likeness (QED) is 0.280. The number of tetrazole rings is 1. The summed E-state index contributed by atoms with van der Waals surface area (Å²) in [6, 6.07) is 11.5. The third-order valence-electron chi connectivity index (χ3n) is 5.08. The van der Waals surface area contributed by atoms with Gasteiger partial charge in [0.15, 0.2) is 29.6 Å². The number of aromatic nitrogens is 8. The summed E-state index contributed by atoms with van der Waals surface area (Å²) in [6.07, 6.45) is 5.15. The Morgan fingerprint density at radius 2 is 2.15 bits per heavy atom. The lowest BCUT2D eigenvalue weighted by Crippen LogP contribution is -2.25. The van der Waals surface area contributed by atoms with E-state index in [1.165, 1.54) is 40.1 Å². The van der Waals surface area contributed by atoms with E-state index in [1.807, 2.05) is 0 Å². The van der Waals surface area contributed by atoms with Gasteiger partial charge in [0, 0.05) is 11.6 Å². The Hall–Kier alpha value is -4.92. The van der Waals surface area contributed by atoms with E-state index in [9.17, 15) is 14.9 Å². The van der Waals surface area contributed by atoms with Crippen LogP contribution in [0.25, 0.3) is 28.2 Å². The highest BCUT2D eigenvalue weighted by molar-refractivity contribution is 5.69. The molecule has 4 aromatic heterocycles. The van der Waals surface area contributed by atoms with Gasteiger partial charge in [0.25, 0.3) is 0 Å². The fourth-order valence-corrected chi connectivity index (χ4v) is 3.52. The molecule has 0 aliphatic heterocycles. The number of benzene rings is 1. The number of nitriles is 1. The van der Waals surface area contributed by atoms with E-state index in [0.29, 0.717) is 45.0 Å². The van der Waals surface area contributed by atoms with Crippen molar-refractivity contribution in [3.63, 3.8) is 0 Å². The van der Waals surface area contributed by atoms with Crippen LogP contribution in [0, 0.1) is 22.4 Å². The predicted octanol–water partition coefficient (Wildman–Crippen LogP) is 2.16. The summed E-state index contributed by atoms with van der Waals surface area (Å²) >= 11 is 0. The second kappa shape index (κ2) is 8.55. The first-order valence-corrected chi connectivity index (χ1v) is 10.2. The molecule has 0 bridgehead atoms. The number of hydrogen-bond acceptors (Lipinski definition) is 8. The van der Waals surface area contributed by atoms with Crippen molar-refractivity contribution in [3.05, 3.63) is 77.9 Å². The van der Waals surface area contributed by atoms with Crippen molar-refractivity contribution in [3.8, 4) is 34.3 Å². The molecule has 168 valence electrons. The van der Waals surface area contributed by atoms with Crippen LogP contribution in [0.4, 0.5) is 4.39 Å². The highest BCUT2D eigenvalue weighted by Gasteiger charge is 2.17. The SMILES string of the molecule is C[C@@H](Cn1cnnn1)Oc1cc(-c2ccc3ncc(-c4c[n+]([O-])ccc4C#N)n3n2)ccc1F. The molecule has 0 aliphatic rings. The van der Waals surface area contributed by atoms with E-state index in [0.717, 1.165) is 0 Å². The molecular weight excluding hydrogens is 441 g/mol. The van der Waals surface area contributed by atoms with Crippen molar-refractivity contribution in [1.82, 2.24) is 34.8 Å². The number of imidazole rings is 1. The largest absolute Gasteiger partial charge is 0.619 e. The Morgan fingerprint density at radius 1 is 1.26 bits per heavy atom. The molecule has 1 atom stereocenters. The van der Waals surface area contributed by atoms with Crippen LogP contribution in [-0.2, 0) is 6.54 Å². The zero-order valence-electron chi connectivity index (χ0n) is 17.8. The van der Waals surface area contributed by atoms with Gasteiger partial charge in [-0.1, -0.05) is 0 Å². The van der Waals surface area contributed by atoms with Crippen LogP contribution in [0.3, 0.4) is 0 Å². The van der Waals surface area contributed by atoms with Crippen molar-refractivity contribution in [2.75, 3.05) is 0 Å². The van der Waals surface area contributed by atoms with Gasteiger partial charge in [-0.05, 0) is 47.7 Å². The number of ether oxygens (including phenoxy) is 1. The molecule has 0 spiro atoms. The summed E-state index contributed by atoms with van der Waals surface area (Å²) in [5.74, 6) is -0.451. The Kier molecular flexibility index (Phi) is 5.27. The van der Waals surface area contributed by atoms with Crippen LogP contribution in [-0.4, -0.2) is 40.9 Å². The average Bonchev–Trinajstić information content (AvgIpc) is 3.50. The molecule has 34 heavy (non-hydrogen) atoms. The first-order valence-electron chi connectivity index (χ1n) is 10.2. The molecule has 0 saturated carbocycles. The van der Waals surface area contributed by atoms with Crippen LogP contribution >= 0.6 is 0 Å². The highest BCUT2D eigenvalue weighted by atomic mass is 19.1. The second-order valence-electron chi connectivity index (χ2n) is 7.48. The lowest BCUT2D eigenvalue weighted by molar-refractivity contribution is -0.604. The summed E-state index contributed by atoms with van der Waals surface area (Å²) in [5, 5.41) is 36.8. The fraction of sp³-hybridized carbons (Fsp3) is 0.136. The van der Waals surface area contributed by atoms with Crippen LogP contribution < -0.4 is 9.47 Å². The Morgan fingerprint density at radius 3 is 2.94 bits per heavy atom. The van der Waals surface area contributed by atoms with Crippen LogP contribution in [0.2, 0.25) is 0 Å². The van der Waals surface area contributed by atoms with Gasteiger partial charge in [-0.15, -0.1) is 5.10 Å². The predicted molar refractivity (Wildman–Crippen MR) is 115 cm³/mol. The van der Waals surface area contributed by atoms with Gasteiger partial charge in [-0.2, -0.15) is 15.1 Å². The van der Waals surface area contributed by atoms with E-state index >= 15 is 0 Å². The number of halogens is 1. The summed E-state index contributed by atoms with van der Waals surface area (Å²) in [5.41, 5.74) is 2.85. The summed E-state index contributed by atoms with van der Waals surface area (Å²) in [6.45, 7) is 2.13. The molecule has 12 heteroatoms. The smallest absolute Gasteiger partial charge is 0.191 e. The monoisotopic (exact) mass is 457 g/mol. The summed E-state index contributed by atoms with van der Waals surface area (Å²) < 4.78 is 23.9. The zero-order chi connectivity index (χ0) is 23.7. The second-order valence-corrected chi connectivity index (χ2v) is 7.48. The van der Waals surface area contributed by atoms with Crippen molar-refractivity contribution in [1.29, 1.82) is 5.26 Å². The van der Waals surface area contributed by atoms with Gasteiger partial charge in [0.1, 0.15) is 24.2 Å². The fourth-order valence-electron chi connectivity index (χ4n) is 3.52. The van der Waals surface area contributed by atoms with Gasteiger partial charge < -0.3 is 9.94 Å². The minimum absolute atomic E-state index is 0.0630. The lowest BCUT2D eigenvalue weighted by Gasteiger charge is -2.15. The zero-order valence-corrected chi connectivity index (χ0v) is 17.8. The molecule has 0 radical (unpaired) electrons. The molecule has 5 rings (SSSR count). The normalized spacial score (nSPS) is 11.9. The molecule has 1 aromatic carbocycles. The first-order chi connectivity index (χ1) is 16.5. The van der Waals surface area contributed by atoms with E-state index in [1.54, 1.807) is 37.4 Å². The number of hydrogen-bond donors (Lipinski definition) is 0. The number of pyridine rings is 1. The third kappa shape index (κ3) is 3.97. The third-order valence-corrected chi connectivity index (χ3v) is 5.08. The van der Waals surface area contributed by atoms with Crippen LogP contribution in [0.5, 0.6) is 5.75 Å². The van der Waals surface area contributed by atoms with Crippen molar-refractivity contribution >= 4 is 5.65 Å². The molecule has 0 unspecified atom stereocenters. The maximum absolute atomic E-state index is 14.5. The standard InChI is InChI=1S/C22H16FN9O2/c1-14(11-30-13-26-28-29-30)34-21-8-15(2-3-18(21)23)19-4-5-22-25-10-20(32(22)27-19)17-12-31(33)7-6-16(17)9-24/h2-8,10,12-14H,11H2,1H3/t14-/m0/s1. The molecule has 0 aliphatic carbocycles. The maximum Gasteiger partial charge on any atom is 0.191 e. The van der Waals surface area contributed by atoms with E-state index < -0.39 is 11.9 Å². The molecule has 5 aromatic rings. The molecule has 4 heterocycles. The maximum atomic E-state index is 14.5. The molecular formula is C22H16FN9O2. The molecule has 11 nitrogen and oxygen atoms in total. The highest BCUT2D eigenvalue weighted by Crippen LogP contribution is 2.28. The Balaban J connectivity index is 1.50. The van der Waals surface area contributed by atoms with E-state index in [4.69, 9.17) is 4.74 Å². The minimum Gasteiger partial charge on any atom is -0.619 e. The topological polar surface area (TPSA) is 134 Å².